The summed E-state index contributed by atoms with van der Waals surface area (Å²) < 4.78 is 27.2. The zero-order chi connectivity index (χ0) is 21.7. The van der Waals surface area contributed by atoms with Gasteiger partial charge in [-0.1, -0.05) is 19.9 Å². The van der Waals surface area contributed by atoms with Crippen molar-refractivity contribution in [1.82, 2.24) is 19.2 Å². The molecule has 1 aromatic carbocycles. The van der Waals surface area contributed by atoms with Gasteiger partial charge in [-0.15, -0.1) is 0 Å². The molecular weight excluding hydrogens is 420 g/mol. The number of hydrogen-bond acceptors (Lipinski definition) is 6. The summed E-state index contributed by atoms with van der Waals surface area (Å²) in [5.41, 5.74) is 1.65. The lowest BCUT2D eigenvalue weighted by Gasteiger charge is -2.36. The van der Waals surface area contributed by atoms with E-state index in [-0.39, 0.29) is 4.90 Å². The Balaban J connectivity index is 1.68. The summed E-state index contributed by atoms with van der Waals surface area (Å²) in [7, 11) is -3.52. The third-order valence-corrected chi connectivity index (χ3v) is 7.60. The number of nitrogens with one attached hydrogen (secondary N) is 1. The standard InChI is InChI=1S/C20H28N6O2S2/c1-4-26(5-2)30(27,28)17-8-7-16(3)18(15-17)23-20(29)25-13-11-24(12-14-25)19-21-9-6-10-22-19/h6-10,15H,4-5,11-14H2,1-3H3,(H,23,29). The van der Waals surface area contributed by atoms with Crippen molar-refractivity contribution in [2.75, 3.05) is 49.5 Å². The van der Waals surface area contributed by atoms with Crippen LogP contribution in [0, 0.1) is 6.92 Å². The summed E-state index contributed by atoms with van der Waals surface area (Å²) in [4.78, 5) is 13.1. The number of aromatic nitrogens is 2. The summed E-state index contributed by atoms with van der Waals surface area (Å²) in [6, 6.07) is 6.93. The average molecular weight is 449 g/mol. The molecule has 1 aromatic heterocycles. The molecule has 0 unspecified atom stereocenters. The maximum atomic E-state index is 12.9. The maximum absolute atomic E-state index is 12.9. The van der Waals surface area contributed by atoms with E-state index in [0.717, 1.165) is 37.7 Å². The molecule has 0 spiro atoms. The fourth-order valence-electron chi connectivity index (χ4n) is 3.37. The van der Waals surface area contributed by atoms with Gasteiger partial charge in [0.15, 0.2) is 5.11 Å². The Morgan fingerprint density at radius 2 is 1.77 bits per heavy atom. The minimum absolute atomic E-state index is 0.271. The Bertz CT molecular complexity index is 972. The number of hydrogen-bond donors (Lipinski definition) is 1. The topological polar surface area (TPSA) is 81.7 Å². The highest BCUT2D eigenvalue weighted by Gasteiger charge is 2.24. The predicted octanol–water partition coefficient (Wildman–Crippen LogP) is 2.33. The summed E-state index contributed by atoms with van der Waals surface area (Å²) in [6.45, 7) is 9.48. The molecule has 0 amide bonds. The Kier molecular flexibility index (Phi) is 7.22. The van der Waals surface area contributed by atoms with Crippen LogP contribution < -0.4 is 10.2 Å². The minimum Gasteiger partial charge on any atom is -0.345 e. The fraction of sp³-hybridized carbons (Fsp3) is 0.450. The summed E-state index contributed by atoms with van der Waals surface area (Å²) in [5.74, 6) is 0.723. The van der Waals surface area contributed by atoms with Gasteiger partial charge < -0.3 is 15.1 Å². The molecule has 1 saturated heterocycles. The number of sulfonamides is 1. The molecule has 0 bridgehead atoms. The lowest BCUT2D eigenvalue weighted by Crippen LogP contribution is -2.50. The Hall–Kier alpha value is -2.30. The van der Waals surface area contributed by atoms with Crippen LogP contribution in [-0.4, -0.2) is 72.0 Å². The quantitative estimate of drug-likeness (QED) is 0.675. The second kappa shape index (κ2) is 9.67. The molecule has 10 heteroatoms. The van der Waals surface area contributed by atoms with E-state index in [1.54, 1.807) is 30.6 Å². The third-order valence-electron chi connectivity index (χ3n) is 5.20. The van der Waals surface area contributed by atoms with Crippen LogP contribution in [0.15, 0.2) is 41.6 Å². The lowest BCUT2D eigenvalue weighted by molar-refractivity contribution is 0.388. The molecule has 2 heterocycles. The van der Waals surface area contributed by atoms with Gasteiger partial charge in [0, 0.05) is 57.3 Å². The van der Waals surface area contributed by atoms with Crippen LogP contribution >= 0.6 is 12.2 Å². The number of aryl methyl sites for hydroxylation is 1. The average Bonchev–Trinajstić information content (AvgIpc) is 2.76. The molecule has 1 fully saturated rings. The molecule has 0 aliphatic carbocycles. The second-order valence-electron chi connectivity index (χ2n) is 7.02. The van der Waals surface area contributed by atoms with Crippen molar-refractivity contribution in [3.8, 4) is 0 Å². The van der Waals surface area contributed by atoms with E-state index in [1.807, 2.05) is 26.8 Å². The monoisotopic (exact) mass is 448 g/mol. The molecule has 30 heavy (non-hydrogen) atoms. The number of thiocarbonyl (C=S) groups is 1. The van der Waals surface area contributed by atoms with Gasteiger partial charge in [-0.05, 0) is 42.9 Å². The minimum atomic E-state index is -3.52. The zero-order valence-electron chi connectivity index (χ0n) is 17.6. The van der Waals surface area contributed by atoms with Crippen LogP contribution in [0.1, 0.15) is 19.4 Å². The van der Waals surface area contributed by atoms with E-state index in [4.69, 9.17) is 12.2 Å². The number of nitrogens with zero attached hydrogens (tertiary/aromatic N) is 5. The first-order valence-corrected chi connectivity index (χ1v) is 11.9. The molecule has 0 atom stereocenters. The molecule has 0 radical (unpaired) electrons. The largest absolute Gasteiger partial charge is 0.345 e. The zero-order valence-corrected chi connectivity index (χ0v) is 19.2. The van der Waals surface area contributed by atoms with E-state index in [9.17, 15) is 8.42 Å². The predicted molar refractivity (Wildman–Crippen MR) is 123 cm³/mol. The number of piperazine rings is 1. The van der Waals surface area contributed by atoms with Crippen molar-refractivity contribution >= 4 is 39.0 Å². The van der Waals surface area contributed by atoms with Crippen molar-refractivity contribution in [2.24, 2.45) is 0 Å². The highest BCUT2D eigenvalue weighted by atomic mass is 32.2. The molecule has 162 valence electrons. The van der Waals surface area contributed by atoms with Gasteiger partial charge in [-0.3, -0.25) is 0 Å². The Morgan fingerprint density at radius 3 is 2.37 bits per heavy atom. The summed E-state index contributed by atoms with van der Waals surface area (Å²) >= 11 is 5.61. The van der Waals surface area contributed by atoms with Gasteiger partial charge in [0.25, 0.3) is 0 Å². The van der Waals surface area contributed by atoms with Gasteiger partial charge in [0.1, 0.15) is 0 Å². The van der Waals surface area contributed by atoms with Crippen molar-refractivity contribution in [3.63, 3.8) is 0 Å². The van der Waals surface area contributed by atoms with Crippen LogP contribution in [0.2, 0.25) is 0 Å². The SMILES string of the molecule is CCN(CC)S(=O)(=O)c1ccc(C)c(NC(=S)N2CCN(c3ncccn3)CC2)c1. The number of anilines is 2. The Morgan fingerprint density at radius 1 is 1.13 bits per heavy atom. The van der Waals surface area contributed by atoms with Gasteiger partial charge in [0.2, 0.25) is 16.0 Å². The summed E-state index contributed by atoms with van der Waals surface area (Å²) in [6.07, 6.45) is 3.48. The van der Waals surface area contributed by atoms with Crippen molar-refractivity contribution in [2.45, 2.75) is 25.7 Å². The van der Waals surface area contributed by atoms with Gasteiger partial charge in [0.05, 0.1) is 4.90 Å². The highest BCUT2D eigenvalue weighted by molar-refractivity contribution is 7.89. The smallest absolute Gasteiger partial charge is 0.243 e. The van der Waals surface area contributed by atoms with E-state index < -0.39 is 10.0 Å². The van der Waals surface area contributed by atoms with E-state index in [1.165, 1.54) is 4.31 Å². The highest BCUT2D eigenvalue weighted by Crippen LogP contribution is 2.23. The first kappa shape index (κ1) is 22.4. The molecule has 1 N–H and O–H groups in total. The molecule has 0 saturated carbocycles. The van der Waals surface area contributed by atoms with E-state index in [0.29, 0.717) is 23.9 Å². The first-order valence-electron chi connectivity index (χ1n) is 10.1. The van der Waals surface area contributed by atoms with Crippen molar-refractivity contribution < 1.29 is 8.42 Å². The molecule has 2 aromatic rings. The van der Waals surface area contributed by atoms with Crippen LogP contribution in [0.3, 0.4) is 0 Å². The number of benzene rings is 1. The Labute approximate surface area is 184 Å². The maximum Gasteiger partial charge on any atom is 0.243 e. The van der Waals surface area contributed by atoms with E-state index in [2.05, 4.69) is 25.1 Å². The van der Waals surface area contributed by atoms with Crippen molar-refractivity contribution in [3.05, 3.63) is 42.2 Å². The van der Waals surface area contributed by atoms with Crippen LogP contribution in [0.25, 0.3) is 0 Å². The summed E-state index contributed by atoms with van der Waals surface area (Å²) in [5, 5.41) is 3.83. The third kappa shape index (κ3) is 4.88. The molecule has 1 aliphatic rings. The number of rotatable bonds is 6. The molecule has 3 rings (SSSR count). The van der Waals surface area contributed by atoms with Gasteiger partial charge in [-0.2, -0.15) is 4.31 Å². The lowest BCUT2D eigenvalue weighted by atomic mass is 10.2. The van der Waals surface area contributed by atoms with Crippen LogP contribution in [-0.2, 0) is 10.0 Å². The molecule has 8 nitrogen and oxygen atoms in total. The fourth-order valence-corrected chi connectivity index (χ4v) is 5.14. The normalized spacial score (nSPS) is 14.8. The van der Waals surface area contributed by atoms with Crippen LogP contribution in [0.5, 0.6) is 0 Å². The first-order chi connectivity index (χ1) is 14.4. The second-order valence-corrected chi connectivity index (χ2v) is 9.34. The van der Waals surface area contributed by atoms with Gasteiger partial charge in [-0.25, -0.2) is 18.4 Å². The van der Waals surface area contributed by atoms with Crippen LogP contribution in [0.4, 0.5) is 11.6 Å². The van der Waals surface area contributed by atoms with Gasteiger partial charge >= 0.3 is 0 Å². The van der Waals surface area contributed by atoms with Crippen molar-refractivity contribution in [1.29, 1.82) is 0 Å². The van der Waals surface area contributed by atoms with E-state index >= 15 is 0 Å². The molecular formula is C20H28N6O2S2. The molecule has 1 aliphatic heterocycles.